The molecule has 0 aliphatic carbocycles. The van der Waals surface area contributed by atoms with Gasteiger partial charge in [0.1, 0.15) is 11.9 Å². The second-order valence-corrected chi connectivity index (χ2v) is 6.27. The van der Waals surface area contributed by atoms with Crippen LogP contribution >= 0.6 is 11.6 Å². The number of nitrogens with zero attached hydrogens (tertiary/aromatic N) is 3. The van der Waals surface area contributed by atoms with Crippen LogP contribution in [-0.4, -0.2) is 41.9 Å². The van der Waals surface area contributed by atoms with E-state index in [2.05, 4.69) is 6.07 Å². The summed E-state index contributed by atoms with van der Waals surface area (Å²) < 4.78 is 14.0. The first-order valence-corrected chi connectivity index (χ1v) is 8.41. The second-order valence-electron chi connectivity index (χ2n) is 5.86. The molecule has 6 heteroatoms. The maximum absolute atomic E-state index is 14.0. The number of halogens is 2. The number of piperazine rings is 1. The molecule has 1 amide bonds. The summed E-state index contributed by atoms with van der Waals surface area (Å²) >= 11 is 6.09. The van der Waals surface area contributed by atoms with E-state index in [1.165, 1.54) is 6.07 Å². The predicted molar refractivity (Wildman–Crippen MR) is 93.7 cm³/mol. The Hall–Kier alpha value is -2.42. The van der Waals surface area contributed by atoms with Crippen LogP contribution in [0.1, 0.15) is 22.0 Å². The highest BCUT2D eigenvalue weighted by atomic mass is 35.5. The molecule has 3 rings (SSSR count). The van der Waals surface area contributed by atoms with E-state index in [-0.39, 0.29) is 11.7 Å². The summed E-state index contributed by atoms with van der Waals surface area (Å²) in [5, 5.41) is 9.92. The van der Waals surface area contributed by atoms with Gasteiger partial charge < -0.3 is 4.90 Å². The summed E-state index contributed by atoms with van der Waals surface area (Å²) in [6, 6.07) is 14.8. The summed E-state index contributed by atoms with van der Waals surface area (Å²) in [4.78, 5) is 16.2. The van der Waals surface area contributed by atoms with E-state index in [0.717, 1.165) is 0 Å². The summed E-state index contributed by atoms with van der Waals surface area (Å²) in [5.74, 6) is -0.506. The summed E-state index contributed by atoms with van der Waals surface area (Å²) in [5.41, 5.74) is 0.847. The van der Waals surface area contributed by atoms with Crippen molar-refractivity contribution in [2.75, 3.05) is 26.2 Å². The fraction of sp³-hybridized carbons (Fsp3) is 0.263. The summed E-state index contributed by atoms with van der Waals surface area (Å²) in [6.07, 6.45) is 0. The quantitative estimate of drug-likeness (QED) is 0.844. The minimum Gasteiger partial charge on any atom is -0.336 e. The molecule has 1 saturated heterocycles. The molecule has 0 N–H and O–H groups in total. The fourth-order valence-electron chi connectivity index (χ4n) is 3.03. The molecule has 1 aliphatic heterocycles. The largest absolute Gasteiger partial charge is 0.336 e. The van der Waals surface area contributed by atoms with Gasteiger partial charge in [-0.1, -0.05) is 41.9 Å². The molecule has 0 spiro atoms. The van der Waals surface area contributed by atoms with Crippen molar-refractivity contribution in [3.63, 3.8) is 0 Å². The number of hydrogen-bond acceptors (Lipinski definition) is 3. The number of rotatable bonds is 3. The van der Waals surface area contributed by atoms with Gasteiger partial charge in [-0.25, -0.2) is 4.39 Å². The van der Waals surface area contributed by atoms with E-state index in [4.69, 9.17) is 11.6 Å². The highest BCUT2D eigenvalue weighted by Crippen LogP contribution is 2.25. The lowest BCUT2D eigenvalue weighted by Crippen LogP contribution is -2.49. The second kappa shape index (κ2) is 7.64. The van der Waals surface area contributed by atoms with E-state index in [0.29, 0.717) is 42.3 Å². The Balaban J connectivity index is 1.69. The molecule has 0 radical (unpaired) electrons. The van der Waals surface area contributed by atoms with Crippen molar-refractivity contribution >= 4 is 17.5 Å². The van der Waals surface area contributed by atoms with E-state index < -0.39 is 6.04 Å². The SMILES string of the molecule is N#CC(c1ccccc1F)N1CCN(C(=O)c2ccccc2Cl)CC1. The average Bonchev–Trinajstić information content (AvgIpc) is 2.64. The van der Waals surface area contributed by atoms with Crippen molar-refractivity contribution < 1.29 is 9.18 Å². The van der Waals surface area contributed by atoms with Crippen LogP contribution in [0.5, 0.6) is 0 Å². The third kappa shape index (κ3) is 3.65. The standard InChI is InChI=1S/C19H17ClFN3O/c20-16-7-3-1-5-14(16)19(25)24-11-9-23(10-12-24)18(13-22)15-6-2-4-8-17(15)21/h1-8,18H,9-12H2. The van der Waals surface area contributed by atoms with Gasteiger partial charge in [0.2, 0.25) is 0 Å². The maximum Gasteiger partial charge on any atom is 0.255 e. The first-order chi connectivity index (χ1) is 12.1. The van der Waals surface area contributed by atoms with E-state index in [1.54, 1.807) is 47.4 Å². The number of amides is 1. The van der Waals surface area contributed by atoms with Gasteiger partial charge in [-0.05, 0) is 18.2 Å². The number of nitriles is 1. The Labute approximate surface area is 151 Å². The first-order valence-electron chi connectivity index (χ1n) is 8.03. The average molecular weight is 358 g/mol. The van der Waals surface area contributed by atoms with Crippen LogP contribution in [0.4, 0.5) is 4.39 Å². The van der Waals surface area contributed by atoms with Crippen molar-refractivity contribution in [1.82, 2.24) is 9.80 Å². The third-order valence-electron chi connectivity index (χ3n) is 4.39. The molecule has 4 nitrogen and oxygen atoms in total. The van der Waals surface area contributed by atoms with Gasteiger partial charge in [0, 0.05) is 31.7 Å². The smallest absolute Gasteiger partial charge is 0.255 e. The van der Waals surface area contributed by atoms with E-state index in [1.807, 2.05) is 4.90 Å². The first kappa shape index (κ1) is 17.4. The Morgan fingerprint density at radius 2 is 1.72 bits per heavy atom. The minimum absolute atomic E-state index is 0.121. The molecule has 1 fully saturated rings. The fourth-order valence-corrected chi connectivity index (χ4v) is 3.25. The molecule has 25 heavy (non-hydrogen) atoms. The van der Waals surface area contributed by atoms with Gasteiger partial charge >= 0.3 is 0 Å². The van der Waals surface area contributed by atoms with Crippen LogP contribution in [0.25, 0.3) is 0 Å². The molecule has 128 valence electrons. The Morgan fingerprint density at radius 3 is 2.36 bits per heavy atom. The van der Waals surface area contributed by atoms with Crippen molar-refractivity contribution in [2.45, 2.75) is 6.04 Å². The Bertz CT molecular complexity index is 812. The molecular weight excluding hydrogens is 341 g/mol. The summed E-state index contributed by atoms with van der Waals surface area (Å²) in [6.45, 7) is 1.94. The summed E-state index contributed by atoms with van der Waals surface area (Å²) in [7, 11) is 0. The van der Waals surface area contributed by atoms with Crippen LogP contribution in [0.15, 0.2) is 48.5 Å². The monoisotopic (exact) mass is 357 g/mol. The van der Waals surface area contributed by atoms with Crippen LogP contribution in [0, 0.1) is 17.1 Å². The van der Waals surface area contributed by atoms with Gasteiger partial charge in [-0.2, -0.15) is 5.26 Å². The molecule has 0 saturated carbocycles. The van der Waals surface area contributed by atoms with Crippen molar-refractivity contribution in [3.05, 3.63) is 70.5 Å². The molecule has 2 aromatic rings. The minimum atomic E-state index is -0.654. The van der Waals surface area contributed by atoms with Gasteiger partial charge in [-0.3, -0.25) is 9.69 Å². The molecule has 0 bridgehead atoms. The molecule has 1 atom stereocenters. The Morgan fingerprint density at radius 1 is 1.08 bits per heavy atom. The topological polar surface area (TPSA) is 47.3 Å². The third-order valence-corrected chi connectivity index (χ3v) is 4.72. The molecule has 1 unspecified atom stereocenters. The van der Waals surface area contributed by atoms with Crippen molar-refractivity contribution in [3.8, 4) is 6.07 Å². The van der Waals surface area contributed by atoms with Crippen LogP contribution in [0.3, 0.4) is 0 Å². The molecular formula is C19H17ClFN3O. The zero-order chi connectivity index (χ0) is 17.8. The highest BCUT2D eigenvalue weighted by molar-refractivity contribution is 6.33. The zero-order valence-corrected chi connectivity index (χ0v) is 14.3. The van der Waals surface area contributed by atoms with Crippen molar-refractivity contribution in [1.29, 1.82) is 5.26 Å². The predicted octanol–water partition coefficient (Wildman–Crippen LogP) is 3.50. The lowest BCUT2D eigenvalue weighted by Gasteiger charge is -2.37. The van der Waals surface area contributed by atoms with Crippen LogP contribution in [-0.2, 0) is 0 Å². The molecule has 2 aromatic carbocycles. The number of carbonyl (C=O) groups is 1. The normalized spacial score (nSPS) is 16.3. The molecule has 1 aliphatic rings. The lowest BCUT2D eigenvalue weighted by atomic mass is 10.0. The lowest BCUT2D eigenvalue weighted by molar-refractivity contribution is 0.0604. The van der Waals surface area contributed by atoms with Crippen LogP contribution < -0.4 is 0 Å². The molecule has 1 heterocycles. The number of hydrogen-bond donors (Lipinski definition) is 0. The highest BCUT2D eigenvalue weighted by Gasteiger charge is 2.29. The number of carbonyl (C=O) groups excluding carboxylic acids is 1. The Kier molecular flexibility index (Phi) is 5.32. The van der Waals surface area contributed by atoms with E-state index in [9.17, 15) is 14.4 Å². The van der Waals surface area contributed by atoms with Gasteiger partial charge in [0.15, 0.2) is 0 Å². The van der Waals surface area contributed by atoms with Crippen molar-refractivity contribution in [2.24, 2.45) is 0 Å². The zero-order valence-electron chi connectivity index (χ0n) is 13.5. The van der Waals surface area contributed by atoms with Gasteiger partial charge in [0.25, 0.3) is 5.91 Å². The van der Waals surface area contributed by atoms with Crippen LogP contribution in [0.2, 0.25) is 5.02 Å². The maximum atomic E-state index is 14.0. The molecule has 0 aromatic heterocycles. The van der Waals surface area contributed by atoms with E-state index >= 15 is 0 Å². The number of benzene rings is 2. The van der Waals surface area contributed by atoms with Gasteiger partial charge in [0.05, 0.1) is 16.7 Å². The van der Waals surface area contributed by atoms with Gasteiger partial charge in [-0.15, -0.1) is 0 Å².